The Bertz CT molecular complexity index is 1270. The van der Waals surface area contributed by atoms with Crippen LogP contribution in [0.2, 0.25) is 0 Å². The standard InChI is InChI=1S/C28H29N3O2.ClH.H2O/c1-21(32)31(26-14-13-22-7-2-3-9-24(22)19-26)18-17-29-15-16-30-28(33)20-25-11-6-10-23-8-4-5-12-27(23)25;;/h2-14,19,29H,15-18,20H2,1H3,(H,30,33);1H;1H2. The van der Waals surface area contributed by atoms with Crippen LogP contribution in [0.1, 0.15) is 12.5 Å². The first kappa shape index (κ1) is 27.8. The Morgan fingerprint density at radius 1 is 0.771 bits per heavy atom. The first-order chi connectivity index (χ1) is 16.1. The maximum absolute atomic E-state index is 12.4. The third kappa shape index (κ3) is 7.26. The number of benzene rings is 4. The molecule has 0 heterocycles. The molecule has 35 heavy (non-hydrogen) atoms. The van der Waals surface area contributed by atoms with E-state index >= 15 is 0 Å². The fourth-order valence-corrected chi connectivity index (χ4v) is 4.10. The molecule has 0 saturated carbocycles. The quantitative estimate of drug-likeness (QED) is 0.346. The molecule has 0 aromatic heterocycles. The summed E-state index contributed by atoms with van der Waals surface area (Å²) in [5, 5.41) is 10.8. The molecule has 0 atom stereocenters. The van der Waals surface area contributed by atoms with Gasteiger partial charge in [0.05, 0.1) is 6.42 Å². The lowest BCUT2D eigenvalue weighted by Crippen LogP contribution is -2.38. The summed E-state index contributed by atoms with van der Waals surface area (Å²) < 4.78 is 0. The van der Waals surface area contributed by atoms with Gasteiger partial charge in [0.15, 0.2) is 0 Å². The largest absolute Gasteiger partial charge is 0.412 e. The monoisotopic (exact) mass is 493 g/mol. The SMILES string of the molecule is CC(=O)N(CCNCCNC(=O)Cc1cccc2ccccc12)c1ccc2ccccc2c1.Cl.O. The van der Waals surface area contributed by atoms with Crippen LogP contribution in [0, 0.1) is 0 Å². The number of carbonyl (C=O) groups excluding carboxylic acids is 2. The highest BCUT2D eigenvalue weighted by Gasteiger charge is 2.11. The normalized spacial score (nSPS) is 10.3. The molecule has 0 spiro atoms. The van der Waals surface area contributed by atoms with Crippen molar-refractivity contribution in [3.05, 3.63) is 90.5 Å². The minimum absolute atomic E-state index is 0. The number of carbonyl (C=O) groups is 2. The van der Waals surface area contributed by atoms with Crippen LogP contribution in [0.25, 0.3) is 21.5 Å². The Hall–Kier alpha value is -3.45. The lowest BCUT2D eigenvalue weighted by atomic mass is 10.0. The van der Waals surface area contributed by atoms with Crippen LogP contribution < -0.4 is 15.5 Å². The van der Waals surface area contributed by atoms with Gasteiger partial charge in [-0.1, -0.05) is 72.8 Å². The van der Waals surface area contributed by atoms with E-state index in [1.165, 1.54) is 0 Å². The summed E-state index contributed by atoms with van der Waals surface area (Å²) in [5.74, 6) is 0.0187. The lowest BCUT2D eigenvalue weighted by Gasteiger charge is -2.22. The van der Waals surface area contributed by atoms with Crippen molar-refractivity contribution in [1.29, 1.82) is 0 Å². The number of halogens is 1. The fourth-order valence-electron chi connectivity index (χ4n) is 4.10. The van der Waals surface area contributed by atoms with Gasteiger partial charge in [-0.05, 0) is 39.2 Å². The van der Waals surface area contributed by atoms with E-state index in [0.29, 0.717) is 32.6 Å². The molecule has 6 nitrogen and oxygen atoms in total. The average Bonchev–Trinajstić information content (AvgIpc) is 2.83. The highest BCUT2D eigenvalue weighted by molar-refractivity contribution is 5.95. The van der Waals surface area contributed by atoms with Crippen molar-refractivity contribution in [2.45, 2.75) is 13.3 Å². The zero-order chi connectivity index (χ0) is 23.0. The number of anilines is 1. The van der Waals surface area contributed by atoms with Crippen LogP contribution in [0.3, 0.4) is 0 Å². The van der Waals surface area contributed by atoms with E-state index in [4.69, 9.17) is 0 Å². The summed E-state index contributed by atoms with van der Waals surface area (Å²) in [6.07, 6.45) is 0.363. The number of hydrogen-bond donors (Lipinski definition) is 2. The molecule has 0 saturated heterocycles. The summed E-state index contributed by atoms with van der Waals surface area (Å²) in [6, 6.07) is 28.4. The van der Waals surface area contributed by atoms with E-state index in [-0.39, 0.29) is 29.7 Å². The Morgan fingerprint density at radius 3 is 2.23 bits per heavy atom. The average molecular weight is 494 g/mol. The molecule has 0 bridgehead atoms. The van der Waals surface area contributed by atoms with Gasteiger partial charge in [0.2, 0.25) is 11.8 Å². The Balaban J connectivity index is 0.00000216. The molecule has 2 amide bonds. The molecule has 0 radical (unpaired) electrons. The first-order valence-corrected chi connectivity index (χ1v) is 11.3. The second kappa shape index (κ2) is 13.4. The molecular formula is C28H32ClN3O3. The molecular weight excluding hydrogens is 462 g/mol. The van der Waals surface area contributed by atoms with Gasteiger partial charge in [0, 0.05) is 38.8 Å². The van der Waals surface area contributed by atoms with Crippen LogP contribution in [0.15, 0.2) is 84.9 Å². The predicted molar refractivity (Wildman–Crippen MR) is 146 cm³/mol. The zero-order valence-corrected chi connectivity index (χ0v) is 20.6. The van der Waals surface area contributed by atoms with Gasteiger partial charge >= 0.3 is 0 Å². The first-order valence-electron chi connectivity index (χ1n) is 11.3. The maximum Gasteiger partial charge on any atom is 0.224 e. The van der Waals surface area contributed by atoms with E-state index in [0.717, 1.165) is 32.8 Å². The highest BCUT2D eigenvalue weighted by atomic mass is 35.5. The van der Waals surface area contributed by atoms with E-state index in [1.807, 2.05) is 54.6 Å². The van der Waals surface area contributed by atoms with Crippen LogP contribution in [0.4, 0.5) is 5.69 Å². The van der Waals surface area contributed by atoms with Crippen molar-refractivity contribution in [3.63, 3.8) is 0 Å². The molecule has 4 aromatic rings. The Labute approximate surface area is 212 Å². The summed E-state index contributed by atoms with van der Waals surface area (Å²) in [4.78, 5) is 26.4. The van der Waals surface area contributed by atoms with Crippen LogP contribution in [0.5, 0.6) is 0 Å². The lowest BCUT2D eigenvalue weighted by molar-refractivity contribution is -0.120. The van der Waals surface area contributed by atoms with Crippen molar-refractivity contribution in [2.75, 3.05) is 31.1 Å². The molecule has 184 valence electrons. The Morgan fingerprint density at radius 2 is 1.46 bits per heavy atom. The summed E-state index contributed by atoms with van der Waals surface area (Å²) >= 11 is 0. The Kier molecular flexibility index (Phi) is 10.7. The van der Waals surface area contributed by atoms with Gasteiger partial charge in [-0.3, -0.25) is 9.59 Å². The minimum Gasteiger partial charge on any atom is -0.412 e. The molecule has 0 aliphatic carbocycles. The number of rotatable bonds is 9. The second-order valence-corrected chi connectivity index (χ2v) is 8.12. The predicted octanol–water partition coefficient (Wildman–Crippen LogP) is 3.89. The van der Waals surface area contributed by atoms with Crippen molar-refractivity contribution in [2.24, 2.45) is 0 Å². The molecule has 0 fully saturated rings. The van der Waals surface area contributed by atoms with Crippen LogP contribution in [-0.4, -0.2) is 43.5 Å². The van der Waals surface area contributed by atoms with Crippen LogP contribution >= 0.6 is 12.4 Å². The van der Waals surface area contributed by atoms with Gasteiger partial charge in [-0.25, -0.2) is 0 Å². The maximum atomic E-state index is 12.4. The van der Waals surface area contributed by atoms with Gasteiger partial charge < -0.3 is 21.0 Å². The number of nitrogens with one attached hydrogen (secondary N) is 2. The fraction of sp³-hybridized carbons (Fsp3) is 0.214. The van der Waals surface area contributed by atoms with Crippen molar-refractivity contribution < 1.29 is 15.1 Å². The molecule has 0 aliphatic heterocycles. The molecule has 0 aliphatic rings. The molecule has 4 N–H and O–H groups in total. The van der Waals surface area contributed by atoms with Gasteiger partial charge in [0.25, 0.3) is 0 Å². The summed E-state index contributed by atoms with van der Waals surface area (Å²) in [6.45, 7) is 3.98. The van der Waals surface area contributed by atoms with Crippen molar-refractivity contribution in [3.8, 4) is 0 Å². The second-order valence-electron chi connectivity index (χ2n) is 8.12. The number of fused-ring (bicyclic) bond motifs is 2. The van der Waals surface area contributed by atoms with E-state index in [1.54, 1.807) is 11.8 Å². The molecule has 0 unspecified atom stereocenters. The summed E-state index contributed by atoms with van der Waals surface area (Å²) in [7, 11) is 0. The molecule has 4 rings (SSSR count). The smallest absolute Gasteiger partial charge is 0.224 e. The van der Waals surface area contributed by atoms with Gasteiger partial charge in [0.1, 0.15) is 0 Å². The van der Waals surface area contributed by atoms with Gasteiger partial charge in [-0.15, -0.1) is 12.4 Å². The topological polar surface area (TPSA) is 92.9 Å². The van der Waals surface area contributed by atoms with Crippen molar-refractivity contribution >= 4 is 51.5 Å². The van der Waals surface area contributed by atoms with Crippen molar-refractivity contribution in [1.82, 2.24) is 10.6 Å². The third-order valence-electron chi connectivity index (χ3n) is 5.79. The van der Waals surface area contributed by atoms with E-state index < -0.39 is 0 Å². The molecule has 7 heteroatoms. The molecule has 4 aromatic carbocycles. The minimum atomic E-state index is 0. The number of amides is 2. The highest BCUT2D eigenvalue weighted by Crippen LogP contribution is 2.22. The van der Waals surface area contributed by atoms with Gasteiger partial charge in [-0.2, -0.15) is 0 Å². The van der Waals surface area contributed by atoms with E-state index in [2.05, 4.69) is 41.0 Å². The van der Waals surface area contributed by atoms with Crippen LogP contribution in [-0.2, 0) is 16.0 Å². The number of nitrogens with zero attached hydrogens (tertiary/aromatic N) is 1. The van der Waals surface area contributed by atoms with E-state index in [9.17, 15) is 9.59 Å². The number of hydrogen-bond acceptors (Lipinski definition) is 3. The summed E-state index contributed by atoms with van der Waals surface area (Å²) in [5.41, 5.74) is 1.93. The third-order valence-corrected chi connectivity index (χ3v) is 5.79. The zero-order valence-electron chi connectivity index (χ0n) is 19.8.